The summed E-state index contributed by atoms with van der Waals surface area (Å²) in [5.41, 5.74) is 5.47. The molecule has 1 aromatic heterocycles. The topological polar surface area (TPSA) is 73.1 Å². The van der Waals surface area contributed by atoms with Crippen LogP contribution >= 0.6 is 15.9 Å². The number of nitrogens with zero attached hydrogens (tertiary/aromatic N) is 2. The van der Waals surface area contributed by atoms with E-state index in [2.05, 4.69) is 31.2 Å². The first-order valence-electron chi connectivity index (χ1n) is 4.18. The Balaban J connectivity index is 2.58. The Morgan fingerprint density at radius 2 is 2.36 bits per heavy atom. The molecule has 3 N–H and O–H groups in total. The molecule has 0 saturated heterocycles. The number of methoxy groups -OCH3 is 1. The van der Waals surface area contributed by atoms with E-state index in [1.807, 2.05) is 6.92 Å². The van der Waals surface area contributed by atoms with Gasteiger partial charge in [-0.15, -0.1) is 0 Å². The molecule has 0 spiro atoms. The first-order chi connectivity index (χ1) is 6.61. The van der Waals surface area contributed by atoms with Crippen molar-refractivity contribution in [1.29, 1.82) is 0 Å². The van der Waals surface area contributed by atoms with Gasteiger partial charge in [-0.2, -0.15) is 4.98 Å². The van der Waals surface area contributed by atoms with Crippen molar-refractivity contribution >= 4 is 27.7 Å². The van der Waals surface area contributed by atoms with Crippen LogP contribution in [0.3, 0.4) is 0 Å². The van der Waals surface area contributed by atoms with Gasteiger partial charge in [-0.3, -0.25) is 0 Å². The summed E-state index contributed by atoms with van der Waals surface area (Å²) < 4.78 is 5.75. The third-order valence-electron chi connectivity index (χ3n) is 1.69. The average molecular weight is 261 g/mol. The van der Waals surface area contributed by atoms with Gasteiger partial charge in [-0.1, -0.05) is 0 Å². The Hall–Kier alpha value is -0.880. The Morgan fingerprint density at radius 3 is 2.93 bits per heavy atom. The maximum atomic E-state index is 5.47. The Morgan fingerprint density at radius 1 is 1.64 bits per heavy atom. The van der Waals surface area contributed by atoms with Gasteiger partial charge in [0.15, 0.2) is 0 Å². The smallest absolute Gasteiger partial charge is 0.223 e. The molecule has 0 amide bonds. The van der Waals surface area contributed by atoms with Crippen LogP contribution in [0.15, 0.2) is 10.7 Å². The molecule has 0 bridgehead atoms. The van der Waals surface area contributed by atoms with Crippen molar-refractivity contribution in [3.05, 3.63) is 10.7 Å². The second-order valence-electron chi connectivity index (χ2n) is 2.86. The number of anilines is 2. The van der Waals surface area contributed by atoms with Crippen LogP contribution in [-0.4, -0.2) is 29.7 Å². The van der Waals surface area contributed by atoms with E-state index in [-0.39, 0.29) is 12.1 Å². The van der Waals surface area contributed by atoms with E-state index < -0.39 is 0 Å². The Labute approximate surface area is 91.2 Å². The van der Waals surface area contributed by atoms with Gasteiger partial charge in [0, 0.05) is 19.7 Å². The van der Waals surface area contributed by atoms with Crippen molar-refractivity contribution in [2.75, 3.05) is 24.7 Å². The maximum absolute atomic E-state index is 5.47. The monoisotopic (exact) mass is 260 g/mol. The third kappa shape index (κ3) is 3.47. The van der Waals surface area contributed by atoms with Gasteiger partial charge in [0.2, 0.25) is 5.95 Å². The fourth-order valence-electron chi connectivity index (χ4n) is 0.857. The van der Waals surface area contributed by atoms with Crippen LogP contribution in [0.25, 0.3) is 0 Å². The lowest BCUT2D eigenvalue weighted by atomic mass is 10.4. The highest BCUT2D eigenvalue weighted by Gasteiger charge is 2.02. The summed E-state index contributed by atoms with van der Waals surface area (Å²) in [7, 11) is 1.66. The molecule has 0 fully saturated rings. The highest BCUT2D eigenvalue weighted by atomic mass is 79.9. The van der Waals surface area contributed by atoms with Crippen LogP contribution in [0.1, 0.15) is 6.92 Å². The summed E-state index contributed by atoms with van der Waals surface area (Å²) >= 11 is 3.23. The van der Waals surface area contributed by atoms with Crippen LogP contribution in [0.5, 0.6) is 0 Å². The quantitative estimate of drug-likeness (QED) is 0.798. The Bertz CT molecular complexity index is 287. The molecule has 14 heavy (non-hydrogen) atoms. The van der Waals surface area contributed by atoms with Crippen LogP contribution in [0, 0.1) is 0 Å². The standard InChI is InChI=1S/C8H13BrN4O/c1-5(14-2)4-11-7-3-6(9)12-8(10)13-7/h3,5H,4H2,1-2H3,(H3,10,11,12,13). The first kappa shape index (κ1) is 11.2. The van der Waals surface area contributed by atoms with Gasteiger partial charge in [-0.05, 0) is 22.9 Å². The molecule has 0 aliphatic heterocycles. The van der Waals surface area contributed by atoms with Gasteiger partial charge in [0.05, 0.1) is 6.10 Å². The largest absolute Gasteiger partial charge is 0.380 e. The molecule has 1 unspecified atom stereocenters. The molecule has 78 valence electrons. The van der Waals surface area contributed by atoms with E-state index >= 15 is 0 Å². The van der Waals surface area contributed by atoms with Crippen molar-refractivity contribution in [2.45, 2.75) is 13.0 Å². The molecule has 1 rings (SSSR count). The molecular formula is C8H13BrN4O. The van der Waals surface area contributed by atoms with E-state index in [0.29, 0.717) is 17.0 Å². The lowest BCUT2D eigenvalue weighted by Crippen LogP contribution is -2.19. The summed E-state index contributed by atoms with van der Waals surface area (Å²) in [6.07, 6.45) is 0.130. The number of hydrogen-bond donors (Lipinski definition) is 2. The number of ether oxygens (including phenoxy) is 1. The number of halogens is 1. The normalized spacial score (nSPS) is 12.5. The predicted octanol–water partition coefficient (Wildman–Crippen LogP) is 1.27. The fraction of sp³-hybridized carbons (Fsp3) is 0.500. The first-order valence-corrected chi connectivity index (χ1v) is 4.98. The molecule has 5 nitrogen and oxygen atoms in total. The molecular weight excluding hydrogens is 248 g/mol. The fourth-order valence-corrected chi connectivity index (χ4v) is 1.26. The van der Waals surface area contributed by atoms with Gasteiger partial charge < -0.3 is 15.8 Å². The van der Waals surface area contributed by atoms with Crippen molar-refractivity contribution in [3.63, 3.8) is 0 Å². The SMILES string of the molecule is COC(C)CNc1cc(Br)nc(N)n1. The summed E-state index contributed by atoms with van der Waals surface area (Å²) in [6, 6.07) is 1.76. The summed E-state index contributed by atoms with van der Waals surface area (Å²) in [4.78, 5) is 7.90. The highest BCUT2D eigenvalue weighted by Crippen LogP contribution is 2.12. The van der Waals surface area contributed by atoms with Crippen molar-refractivity contribution < 1.29 is 4.74 Å². The zero-order valence-electron chi connectivity index (χ0n) is 8.12. The van der Waals surface area contributed by atoms with Crippen LogP contribution < -0.4 is 11.1 Å². The summed E-state index contributed by atoms with van der Waals surface area (Å²) in [6.45, 7) is 2.64. The highest BCUT2D eigenvalue weighted by molar-refractivity contribution is 9.10. The van der Waals surface area contributed by atoms with Crippen molar-refractivity contribution in [3.8, 4) is 0 Å². The van der Waals surface area contributed by atoms with E-state index in [4.69, 9.17) is 10.5 Å². The van der Waals surface area contributed by atoms with Gasteiger partial charge in [-0.25, -0.2) is 4.98 Å². The van der Waals surface area contributed by atoms with E-state index in [9.17, 15) is 0 Å². The summed E-state index contributed by atoms with van der Waals surface area (Å²) in [5.74, 6) is 0.931. The molecule has 1 atom stereocenters. The number of rotatable bonds is 4. The second kappa shape index (κ2) is 5.11. The van der Waals surface area contributed by atoms with Crippen molar-refractivity contribution in [1.82, 2.24) is 9.97 Å². The average Bonchev–Trinajstić information content (AvgIpc) is 2.12. The molecule has 6 heteroatoms. The minimum Gasteiger partial charge on any atom is -0.380 e. The molecule has 1 aromatic rings. The molecule has 0 aromatic carbocycles. The maximum Gasteiger partial charge on any atom is 0.223 e. The summed E-state index contributed by atoms with van der Waals surface area (Å²) in [5, 5.41) is 3.09. The molecule has 0 saturated carbocycles. The Kier molecular flexibility index (Phi) is 4.09. The minimum atomic E-state index is 0.130. The number of nitrogens with two attached hydrogens (primary N) is 1. The van der Waals surface area contributed by atoms with Crippen molar-refractivity contribution in [2.24, 2.45) is 0 Å². The van der Waals surface area contributed by atoms with Gasteiger partial charge in [0.25, 0.3) is 0 Å². The molecule has 1 heterocycles. The molecule has 0 radical (unpaired) electrons. The van der Waals surface area contributed by atoms with E-state index in [1.54, 1.807) is 13.2 Å². The zero-order valence-corrected chi connectivity index (χ0v) is 9.71. The van der Waals surface area contributed by atoms with Crippen LogP contribution in [0.4, 0.5) is 11.8 Å². The lowest BCUT2D eigenvalue weighted by Gasteiger charge is -2.11. The van der Waals surface area contributed by atoms with Gasteiger partial charge >= 0.3 is 0 Å². The number of nitrogens with one attached hydrogen (secondary N) is 1. The van der Waals surface area contributed by atoms with Crippen LogP contribution in [-0.2, 0) is 4.74 Å². The third-order valence-corrected chi connectivity index (χ3v) is 2.09. The van der Waals surface area contributed by atoms with Crippen LogP contribution in [0.2, 0.25) is 0 Å². The molecule has 0 aliphatic carbocycles. The van der Waals surface area contributed by atoms with E-state index in [0.717, 1.165) is 0 Å². The lowest BCUT2D eigenvalue weighted by molar-refractivity contribution is 0.128. The molecule has 0 aliphatic rings. The minimum absolute atomic E-state index is 0.130. The van der Waals surface area contributed by atoms with Gasteiger partial charge in [0.1, 0.15) is 10.4 Å². The van der Waals surface area contributed by atoms with E-state index in [1.165, 1.54) is 0 Å². The number of hydrogen-bond acceptors (Lipinski definition) is 5. The second-order valence-corrected chi connectivity index (χ2v) is 3.67. The number of nitrogen functional groups attached to an aromatic ring is 1. The number of aromatic nitrogens is 2. The zero-order chi connectivity index (χ0) is 10.6. The predicted molar refractivity (Wildman–Crippen MR) is 59.1 cm³/mol.